The molecule has 1 aromatic heterocycles. The number of nitrogens with one attached hydrogen (secondary N) is 2. The van der Waals surface area contributed by atoms with Crippen LogP contribution in [0, 0.1) is 13.8 Å². The Hall–Kier alpha value is -2.09. The van der Waals surface area contributed by atoms with Gasteiger partial charge in [-0.1, -0.05) is 42.5 Å². The minimum atomic E-state index is 0. The van der Waals surface area contributed by atoms with E-state index in [4.69, 9.17) is 4.99 Å². The highest BCUT2D eigenvalue weighted by Gasteiger charge is 2.09. The molecule has 28 heavy (non-hydrogen) atoms. The second-order valence-electron chi connectivity index (χ2n) is 6.83. The van der Waals surface area contributed by atoms with Crippen LogP contribution in [0.5, 0.6) is 0 Å². The Kier molecular flexibility index (Phi) is 8.29. The molecule has 0 spiro atoms. The van der Waals surface area contributed by atoms with E-state index in [1.54, 1.807) is 0 Å². The van der Waals surface area contributed by atoms with Crippen LogP contribution in [0.1, 0.15) is 29.4 Å². The average Bonchev–Trinajstić information content (AvgIpc) is 2.91. The van der Waals surface area contributed by atoms with Crippen molar-refractivity contribution in [3.63, 3.8) is 0 Å². The number of benzene rings is 2. The Morgan fingerprint density at radius 2 is 1.82 bits per heavy atom. The molecule has 5 nitrogen and oxygen atoms in total. The lowest BCUT2D eigenvalue weighted by Crippen LogP contribution is -2.38. The molecular formula is C22H30IN5. The van der Waals surface area contributed by atoms with Gasteiger partial charge >= 0.3 is 0 Å². The van der Waals surface area contributed by atoms with Gasteiger partial charge in [0.05, 0.1) is 12.2 Å². The highest BCUT2D eigenvalue weighted by atomic mass is 127. The molecule has 3 aromatic rings. The highest BCUT2D eigenvalue weighted by Crippen LogP contribution is 2.16. The molecule has 0 fully saturated rings. The maximum atomic E-state index is 4.74. The van der Waals surface area contributed by atoms with E-state index in [1.807, 2.05) is 18.7 Å². The second kappa shape index (κ2) is 10.5. The standard InChI is InChI=1S/C22H29N5.HI/c1-5-23-22(25-15-21-16(2)26-27(4)17(21)3)24-13-12-18-10-11-19-8-6-7-9-20(19)14-18;/h6-11,14H,5,12-13,15H2,1-4H3,(H2,23,24,25);1H. The molecule has 2 N–H and O–H groups in total. The van der Waals surface area contributed by atoms with E-state index >= 15 is 0 Å². The van der Waals surface area contributed by atoms with E-state index in [9.17, 15) is 0 Å². The minimum absolute atomic E-state index is 0. The summed E-state index contributed by atoms with van der Waals surface area (Å²) in [5, 5.41) is 13.8. The molecule has 6 heteroatoms. The summed E-state index contributed by atoms with van der Waals surface area (Å²) in [6, 6.07) is 15.1. The topological polar surface area (TPSA) is 54.2 Å². The van der Waals surface area contributed by atoms with Gasteiger partial charge in [-0.25, -0.2) is 4.99 Å². The van der Waals surface area contributed by atoms with Crippen LogP contribution in [0.25, 0.3) is 10.8 Å². The zero-order valence-corrected chi connectivity index (χ0v) is 19.5. The van der Waals surface area contributed by atoms with Crippen molar-refractivity contribution in [2.75, 3.05) is 13.1 Å². The molecule has 0 saturated heterocycles. The van der Waals surface area contributed by atoms with Crippen LogP contribution < -0.4 is 10.6 Å². The van der Waals surface area contributed by atoms with Gasteiger partial charge in [0.15, 0.2) is 5.96 Å². The number of hydrogen-bond donors (Lipinski definition) is 2. The number of halogens is 1. The summed E-state index contributed by atoms with van der Waals surface area (Å²) >= 11 is 0. The number of nitrogens with zero attached hydrogens (tertiary/aromatic N) is 3. The minimum Gasteiger partial charge on any atom is -0.357 e. The Morgan fingerprint density at radius 3 is 2.50 bits per heavy atom. The van der Waals surface area contributed by atoms with Crippen molar-refractivity contribution in [1.82, 2.24) is 20.4 Å². The maximum absolute atomic E-state index is 4.74. The number of rotatable bonds is 6. The van der Waals surface area contributed by atoms with Crippen molar-refractivity contribution in [3.05, 3.63) is 65.0 Å². The number of aromatic nitrogens is 2. The lowest BCUT2D eigenvalue weighted by atomic mass is 10.1. The average molecular weight is 491 g/mol. The third-order valence-corrected chi connectivity index (χ3v) is 4.92. The quantitative estimate of drug-likeness (QED) is 0.310. The summed E-state index contributed by atoms with van der Waals surface area (Å²) in [7, 11) is 1.97. The normalized spacial score (nSPS) is 11.4. The van der Waals surface area contributed by atoms with Gasteiger partial charge in [0.25, 0.3) is 0 Å². The first kappa shape index (κ1) is 22.2. The van der Waals surface area contributed by atoms with Crippen LogP contribution in [0.3, 0.4) is 0 Å². The summed E-state index contributed by atoms with van der Waals surface area (Å²) in [6.45, 7) is 8.53. The summed E-state index contributed by atoms with van der Waals surface area (Å²) in [6.07, 6.45) is 0.959. The zero-order chi connectivity index (χ0) is 19.2. The fourth-order valence-electron chi connectivity index (χ4n) is 3.27. The van der Waals surface area contributed by atoms with E-state index in [0.717, 1.165) is 31.2 Å². The van der Waals surface area contributed by atoms with Gasteiger partial charge < -0.3 is 10.6 Å². The summed E-state index contributed by atoms with van der Waals surface area (Å²) in [5.41, 5.74) is 4.74. The van der Waals surface area contributed by atoms with Crippen molar-refractivity contribution in [2.45, 2.75) is 33.7 Å². The maximum Gasteiger partial charge on any atom is 0.191 e. The molecule has 0 amide bonds. The van der Waals surface area contributed by atoms with E-state index < -0.39 is 0 Å². The molecule has 0 bridgehead atoms. The molecule has 0 unspecified atom stereocenters. The lowest BCUT2D eigenvalue weighted by Gasteiger charge is -2.12. The van der Waals surface area contributed by atoms with Gasteiger partial charge in [0.2, 0.25) is 0 Å². The molecule has 150 valence electrons. The van der Waals surface area contributed by atoms with Crippen LogP contribution in [0.2, 0.25) is 0 Å². The second-order valence-corrected chi connectivity index (χ2v) is 6.83. The van der Waals surface area contributed by atoms with Gasteiger partial charge in [-0.2, -0.15) is 5.10 Å². The summed E-state index contributed by atoms with van der Waals surface area (Å²) < 4.78 is 1.92. The van der Waals surface area contributed by atoms with Gasteiger partial charge in [0.1, 0.15) is 0 Å². The van der Waals surface area contributed by atoms with Gasteiger partial charge in [0, 0.05) is 31.4 Å². The number of guanidine groups is 1. The first-order chi connectivity index (χ1) is 13.1. The molecule has 0 aliphatic carbocycles. The van der Waals surface area contributed by atoms with Crippen LogP contribution in [-0.2, 0) is 20.0 Å². The molecule has 0 aliphatic heterocycles. The highest BCUT2D eigenvalue weighted by molar-refractivity contribution is 14.0. The molecule has 0 radical (unpaired) electrons. The van der Waals surface area contributed by atoms with Crippen LogP contribution in [0.15, 0.2) is 47.5 Å². The largest absolute Gasteiger partial charge is 0.357 e. The van der Waals surface area contributed by atoms with Gasteiger partial charge in [-0.3, -0.25) is 4.68 Å². The fourth-order valence-corrected chi connectivity index (χ4v) is 3.27. The Morgan fingerprint density at radius 1 is 1.07 bits per heavy atom. The monoisotopic (exact) mass is 491 g/mol. The third-order valence-electron chi connectivity index (χ3n) is 4.92. The number of fused-ring (bicyclic) bond motifs is 1. The van der Waals surface area contributed by atoms with Crippen LogP contribution >= 0.6 is 24.0 Å². The van der Waals surface area contributed by atoms with E-state index in [0.29, 0.717) is 6.54 Å². The molecule has 3 rings (SSSR count). The molecule has 2 aromatic carbocycles. The first-order valence-corrected chi connectivity index (χ1v) is 9.57. The molecule has 0 atom stereocenters. The number of hydrogen-bond acceptors (Lipinski definition) is 2. The van der Waals surface area contributed by atoms with Crippen molar-refractivity contribution in [2.24, 2.45) is 12.0 Å². The van der Waals surface area contributed by atoms with Crippen molar-refractivity contribution in [1.29, 1.82) is 0 Å². The molecule has 1 heterocycles. The number of aliphatic imine (C=N–C) groups is 1. The number of aryl methyl sites for hydroxylation is 2. The van der Waals surface area contributed by atoms with E-state index in [-0.39, 0.29) is 24.0 Å². The summed E-state index contributed by atoms with van der Waals surface area (Å²) in [5.74, 6) is 0.848. The van der Waals surface area contributed by atoms with Crippen molar-refractivity contribution in [3.8, 4) is 0 Å². The SMILES string of the molecule is CCNC(=NCc1c(C)nn(C)c1C)NCCc1ccc2ccccc2c1.I. The van der Waals surface area contributed by atoms with E-state index in [2.05, 4.69) is 72.0 Å². The zero-order valence-electron chi connectivity index (χ0n) is 17.1. The molecular weight excluding hydrogens is 461 g/mol. The fraction of sp³-hybridized carbons (Fsp3) is 0.364. The van der Waals surface area contributed by atoms with Crippen molar-refractivity contribution < 1.29 is 0 Å². The Bertz CT molecular complexity index is 945. The molecule has 0 saturated carbocycles. The Balaban J connectivity index is 0.00000280. The predicted molar refractivity (Wildman–Crippen MR) is 129 cm³/mol. The van der Waals surface area contributed by atoms with Crippen molar-refractivity contribution >= 4 is 40.7 Å². The lowest BCUT2D eigenvalue weighted by molar-refractivity contribution is 0.730. The van der Waals surface area contributed by atoms with Gasteiger partial charge in [-0.05, 0) is 43.5 Å². The first-order valence-electron chi connectivity index (χ1n) is 9.57. The smallest absolute Gasteiger partial charge is 0.191 e. The third kappa shape index (κ3) is 5.47. The van der Waals surface area contributed by atoms with E-state index in [1.165, 1.54) is 27.6 Å². The predicted octanol–water partition coefficient (Wildman–Crippen LogP) is 4.11. The molecule has 0 aliphatic rings. The van der Waals surface area contributed by atoms with Crippen LogP contribution in [-0.4, -0.2) is 28.8 Å². The van der Waals surface area contributed by atoms with Gasteiger partial charge in [-0.15, -0.1) is 24.0 Å². The van der Waals surface area contributed by atoms with Crippen LogP contribution in [0.4, 0.5) is 0 Å². The Labute approximate surface area is 184 Å². The summed E-state index contributed by atoms with van der Waals surface area (Å²) in [4.78, 5) is 4.74.